The largest absolute Gasteiger partial charge is 0.468 e. The molecule has 0 spiro atoms. The van der Waals surface area contributed by atoms with Crippen molar-refractivity contribution in [3.63, 3.8) is 0 Å². The van der Waals surface area contributed by atoms with Crippen molar-refractivity contribution in [2.24, 2.45) is 0 Å². The predicted molar refractivity (Wildman–Crippen MR) is 76.2 cm³/mol. The number of esters is 1. The van der Waals surface area contributed by atoms with Crippen molar-refractivity contribution >= 4 is 16.9 Å². The van der Waals surface area contributed by atoms with Crippen molar-refractivity contribution in [2.45, 2.75) is 24.7 Å². The monoisotopic (exact) mass is 268 g/mol. The molecule has 0 amide bonds. The minimum absolute atomic E-state index is 0.168. The Bertz CT molecular complexity index is 681. The number of fused-ring (bicyclic) bond motifs is 1. The van der Waals surface area contributed by atoms with Crippen LogP contribution in [0.5, 0.6) is 0 Å². The highest BCUT2D eigenvalue weighted by Crippen LogP contribution is 2.38. The van der Waals surface area contributed by atoms with Crippen LogP contribution in [0.3, 0.4) is 0 Å². The number of methoxy groups -OCH3 is 1. The Labute approximate surface area is 117 Å². The fraction of sp³-hybridized carbons (Fsp3) is 0.312. The van der Waals surface area contributed by atoms with E-state index in [-0.39, 0.29) is 5.97 Å². The average molecular weight is 268 g/mol. The van der Waals surface area contributed by atoms with Crippen molar-refractivity contribution in [2.75, 3.05) is 7.11 Å². The number of hydrogen-bond acceptors (Lipinski definition) is 4. The molecule has 0 fully saturated rings. The number of ether oxygens (including phenoxy) is 1. The molecule has 4 nitrogen and oxygen atoms in total. The zero-order valence-electron chi connectivity index (χ0n) is 11.4. The molecular formula is C16H16N2O2. The van der Waals surface area contributed by atoms with E-state index in [1.54, 1.807) is 6.20 Å². The molecule has 1 aromatic carbocycles. The van der Waals surface area contributed by atoms with E-state index in [1.807, 2.05) is 18.2 Å². The molecule has 20 heavy (non-hydrogen) atoms. The van der Waals surface area contributed by atoms with Crippen LogP contribution >= 0.6 is 0 Å². The Balaban J connectivity index is 2.14. The number of hydrogen-bond donors (Lipinski definition) is 0. The van der Waals surface area contributed by atoms with Gasteiger partial charge in [-0.3, -0.25) is 4.79 Å². The van der Waals surface area contributed by atoms with Crippen molar-refractivity contribution in [1.82, 2.24) is 9.97 Å². The minimum Gasteiger partial charge on any atom is -0.468 e. The van der Waals surface area contributed by atoms with Crippen LogP contribution in [0.4, 0.5) is 0 Å². The Morgan fingerprint density at radius 1 is 1.35 bits per heavy atom. The van der Waals surface area contributed by atoms with Gasteiger partial charge in [0, 0.05) is 11.6 Å². The van der Waals surface area contributed by atoms with Gasteiger partial charge in [-0.15, -0.1) is 0 Å². The van der Waals surface area contributed by atoms with Gasteiger partial charge in [0.1, 0.15) is 6.33 Å². The van der Waals surface area contributed by atoms with E-state index in [1.165, 1.54) is 13.4 Å². The van der Waals surface area contributed by atoms with E-state index in [0.717, 1.165) is 29.3 Å². The third-order valence-electron chi connectivity index (χ3n) is 4.00. The van der Waals surface area contributed by atoms with Crippen molar-refractivity contribution < 1.29 is 9.53 Å². The van der Waals surface area contributed by atoms with Gasteiger partial charge in [0.25, 0.3) is 0 Å². The van der Waals surface area contributed by atoms with Crippen LogP contribution in [0.1, 0.15) is 24.8 Å². The SMILES string of the molecule is COC(=O)C1(c2ccc3ncncc3c2)CC=CCC1. The molecule has 0 N–H and O–H groups in total. The van der Waals surface area contributed by atoms with Gasteiger partial charge < -0.3 is 4.74 Å². The zero-order chi connectivity index (χ0) is 14.0. The number of rotatable bonds is 2. The molecule has 1 unspecified atom stereocenters. The first kappa shape index (κ1) is 12.8. The molecule has 0 saturated carbocycles. The standard InChI is InChI=1S/C16H16N2O2/c1-20-15(19)16(7-3-2-4-8-16)13-5-6-14-12(9-13)10-17-11-18-14/h2-3,5-6,9-11H,4,7-8H2,1H3. The molecule has 1 atom stereocenters. The molecule has 1 aliphatic rings. The molecule has 0 saturated heterocycles. The summed E-state index contributed by atoms with van der Waals surface area (Å²) in [5, 5.41) is 0.947. The fourth-order valence-corrected chi connectivity index (χ4v) is 2.88. The number of carbonyl (C=O) groups is 1. The molecule has 3 rings (SSSR count). The smallest absolute Gasteiger partial charge is 0.316 e. The highest BCUT2D eigenvalue weighted by molar-refractivity contribution is 5.86. The Morgan fingerprint density at radius 2 is 2.25 bits per heavy atom. The van der Waals surface area contributed by atoms with Gasteiger partial charge in [-0.25, -0.2) is 9.97 Å². The summed E-state index contributed by atoms with van der Waals surface area (Å²) in [6.45, 7) is 0. The van der Waals surface area contributed by atoms with Crippen LogP contribution < -0.4 is 0 Å². The normalized spacial score (nSPS) is 21.9. The first-order chi connectivity index (χ1) is 9.76. The van der Waals surface area contributed by atoms with Crippen LogP contribution in [-0.2, 0) is 14.9 Å². The number of carbonyl (C=O) groups excluding carboxylic acids is 1. The van der Waals surface area contributed by atoms with Gasteiger partial charge in [-0.1, -0.05) is 18.2 Å². The predicted octanol–water partition coefficient (Wildman–Crippen LogP) is 2.78. The van der Waals surface area contributed by atoms with Crippen molar-refractivity contribution in [3.8, 4) is 0 Å². The maximum absolute atomic E-state index is 12.3. The first-order valence-electron chi connectivity index (χ1n) is 6.70. The lowest BCUT2D eigenvalue weighted by molar-refractivity contribution is -0.148. The number of nitrogens with zero attached hydrogens (tertiary/aromatic N) is 2. The molecule has 102 valence electrons. The van der Waals surface area contributed by atoms with Gasteiger partial charge in [0.2, 0.25) is 0 Å². The molecule has 2 aromatic rings. The minimum atomic E-state index is -0.576. The van der Waals surface area contributed by atoms with Crippen LogP contribution in [0, 0.1) is 0 Å². The van der Waals surface area contributed by atoms with Crippen LogP contribution in [0.2, 0.25) is 0 Å². The lowest BCUT2D eigenvalue weighted by atomic mass is 9.71. The first-order valence-corrected chi connectivity index (χ1v) is 6.70. The Morgan fingerprint density at radius 3 is 3.00 bits per heavy atom. The van der Waals surface area contributed by atoms with E-state index >= 15 is 0 Å². The van der Waals surface area contributed by atoms with Crippen molar-refractivity contribution in [3.05, 3.63) is 48.4 Å². The summed E-state index contributed by atoms with van der Waals surface area (Å²) >= 11 is 0. The van der Waals surface area contributed by atoms with Crippen LogP contribution in [-0.4, -0.2) is 23.0 Å². The number of benzene rings is 1. The molecule has 1 aliphatic carbocycles. The molecule has 1 heterocycles. The highest BCUT2D eigenvalue weighted by Gasteiger charge is 2.41. The number of allylic oxidation sites excluding steroid dienone is 2. The average Bonchev–Trinajstić information content (AvgIpc) is 2.54. The second-order valence-electron chi connectivity index (χ2n) is 5.08. The summed E-state index contributed by atoms with van der Waals surface area (Å²) in [5.41, 5.74) is 1.29. The quantitative estimate of drug-likeness (QED) is 0.621. The van der Waals surface area contributed by atoms with E-state index in [4.69, 9.17) is 4.74 Å². The zero-order valence-corrected chi connectivity index (χ0v) is 11.4. The maximum Gasteiger partial charge on any atom is 0.316 e. The van der Waals surface area contributed by atoms with Gasteiger partial charge >= 0.3 is 5.97 Å². The van der Waals surface area contributed by atoms with Gasteiger partial charge in [-0.05, 0) is 37.0 Å². The van der Waals surface area contributed by atoms with Crippen LogP contribution in [0.25, 0.3) is 10.9 Å². The Hall–Kier alpha value is -2.23. The number of aromatic nitrogens is 2. The second-order valence-corrected chi connectivity index (χ2v) is 5.08. The third-order valence-corrected chi connectivity index (χ3v) is 4.00. The second kappa shape index (κ2) is 5.04. The molecular weight excluding hydrogens is 252 g/mol. The van der Waals surface area contributed by atoms with E-state index < -0.39 is 5.41 Å². The van der Waals surface area contributed by atoms with Crippen molar-refractivity contribution in [1.29, 1.82) is 0 Å². The third kappa shape index (κ3) is 1.97. The molecule has 0 bridgehead atoms. The lowest BCUT2D eigenvalue weighted by Crippen LogP contribution is -2.37. The summed E-state index contributed by atoms with van der Waals surface area (Å²) in [4.78, 5) is 20.6. The van der Waals surface area contributed by atoms with E-state index in [2.05, 4.69) is 22.1 Å². The topological polar surface area (TPSA) is 52.1 Å². The molecule has 1 aromatic heterocycles. The summed E-state index contributed by atoms with van der Waals surface area (Å²) < 4.78 is 5.06. The fourth-order valence-electron chi connectivity index (χ4n) is 2.88. The Kier molecular flexibility index (Phi) is 3.22. The summed E-state index contributed by atoms with van der Waals surface area (Å²) in [7, 11) is 1.45. The van der Waals surface area contributed by atoms with E-state index in [0.29, 0.717) is 6.42 Å². The summed E-state index contributed by atoms with van der Waals surface area (Å²) in [6.07, 6.45) is 9.82. The van der Waals surface area contributed by atoms with E-state index in [9.17, 15) is 4.79 Å². The highest BCUT2D eigenvalue weighted by atomic mass is 16.5. The summed E-state index contributed by atoms with van der Waals surface area (Å²) in [6, 6.07) is 5.92. The van der Waals surface area contributed by atoms with Crippen LogP contribution in [0.15, 0.2) is 42.9 Å². The van der Waals surface area contributed by atoms with Gasteiger partial charge in [0.05, 0.1) is 18.0 Å². The van der Waals surface area contributed by atoms with Gasteiger partial charge in [0.15, 0.2) is 0 Å². The maximum atomic E-state index is 12.3. The summed E-state index contributed by atoms with van der Waals surface area (Å²) in [5.74, 6) is -0.168. The van der Waals surface area contributed by atoms with Gasteiger partial charge in [-0.2, -0.15) is 0 Å². The molecule has 4 heteroatoms. The lowest BCUT2D eigenvalue weighted by Gasteiger charge is -2.32. The molecule has 0 aliphatic heterocycles. The molecule has 0 radical (unpaired) electrons.